The first-order valence-corrected chi connectivity index (χ1v) is 5.60. The van der Waals surface area contributed by atoms with E-state index >= 15 is 0 Å². The van der Waals surface area contributed by atoms with Crippen LogP contribution in [0.25, 0.3) is 0 Å². The molecule has 2 nitrogen and oxygen atoms in total. The molecule has 2 heteroatoms. The topological polar surface area (TPSA) is 32.3 Å². The van der Waals surface area contributed by atoms with E-state index in [-0.39, 0.29) is 11.6 Å². The van der Waals surface area contributed by atoms with Crippen LogP contribution in [0.1, 0.15) is 48.2 Å². The smallest absolute Gasteiger partial charge is 0.0978 e. The Bertz CT molecular complexity index is 440. The zero-order chi connectivity index (χ0) is 10.8. The standard InChI is InChI=1S/C13H17NO/c1-7-4-9-6-13(3)12(15)11(9)10(5-7)8(2)14-13/h4-5,8,12,14-15H,6H2,1-3H3. The zero-order valence-electron chi connectivity index (χ0n) is 9.46. The maximum atomic E-state index is 10.3. The summed E-state index contributed by atoms with van der Waals surface area (Å²) in [5.41, 5.74) is 4.96. The summed E-state index contributed by atoms with van der Waals surface area (Å²) in [4.78, 5) is 0. The summed E-state index contributed by atoms with van der Waals surface area (Å²) in [6.45, 7) is 6.42. The van der Waals surface area contributed by atoms with Gasteiger partial charge in [-0.1, -0.05) is 17.7 Å². The van der Waals surface area contributed by atoms with E-state index in [1.54, 1.807) is 0 Å². The molecular formula is C13H17NO. The number of aliphatic hydroxyl groups is 1. The Hall–Kier alpha value is -0.860. The fourth-order valence-electron chi connectivity index (χ4n) is 3.25. The third-order valence-corrected chi connectivity index (χ3v) is 3.89. The second-order valence-electron chi connectivity index (χ2n) is 5.29. The summed E-state index contributed by atoms with van der Waals surface area (Å²) < 4.78 is 0. The molecule has 1 aliphatic carbocycles. The Labute approximate surface area is 90.3 Å². The average Bonchev–Trinajstić information content (AvgIpc) is 2.32. The Morgan fingerprint density at radius 1 is 1.47 bits per heavy atom. The van der Waals surface area contributed by atoms with Gasteiger partial charge in [-0.3, -0.25) is 0 Å². The third kappa shape index (κ3) is 1.06. The van der Waals surface area contributed by atoms with Gasteiger partial charge in [-0.2, -0.15) is 0 Å². The monoisotopic (exact) mass is 203 g/mol. The van der Waals surface area contributed by atoms with Crippen LogP contribution in [0.5, 0.6) is 0 Å². The quantitative estimate of drug-likeness (QED) is 0.676. The van der Waals surface area contributed by atoms with Crippen LogP contribution >= 0.6 is 0 Å². The Kier molecular flexibility index (Phi) is 1.64. The molecule has 15 heavy (non-hydrogen) atoms. The molecule has 3 unspecified atom stereocenters. The van der Waals surface area contributed by atoms with Gasteiger partial charge in [0, 0.05) is 6.04 Å². The molecule has 3 atom stereocenters. The molecule has 0 fully saturated rings. The van der Waals surface area contributed by atoms with E-state index in [2.05, 4.69) is 38.2 Å². The second-order valence-corrected chi connectivity index (χ2v) is 5.29. The summed E-state index contributed by atoms with van der Waals surface area (Å²) >= 11 is 0. The van der Waals surface area contributed by atoms with Crippen molar-refractivity contribution in [2.24, 2.45) is 0 Å². The van der Waals surface area contributed by atoms with Gasteiger partial charge in [0.05, 0.1) is 11.6 Å². The Morgan fingerprint density at radius 2 is 2.20 bits per heavy atom. The van der Waals surface area contributed by atoms with Crippen LogP contribution in [0.4, 0.5) is 0 Å². The molecule has 0 amide bonds. The molecule has 2 bridgehead atoms. The van der Waals surface area contributed by atoms with Crippen molar-refractivity contribution in [2.45, 2.75) is 44.9 Å². The van der Waals surface area contributed by atoms with Crippen molar-refractivity contribution in [2.75, 3.05) is 0 Å². The molecule has 1 heterocycles. The van der Waals surface area contributed by atoms with Crippen molar-refractivity contribution in [3.63, 3.8) is 0 Å². The van der Waals surface area contributed by atoms with E-state index in [0.717, 1.165) is 6.42 Å². The lowest BCUT2D eigenvalue weighted by molar-refractivity contribution is 0.0656. The number of hydrogen-bond donors (Lipinski definition) is 2. The minimum atomic E-state index is -0.334. The molecule has 1 aromatic carbocycles. The van der Waals surface area contributed by atoms with E-state index < -0.39 is 0 Å². The Balaban J connectivity index is 2.30. The predicted molar refractivity (Wildman–Crippen MR) is 59.8 cm³/mol. The molecule has 1 aliphatic heterocycles. The van der Waals surface area contributed by atoms with Crippen molar-refractivity contribution in [1.82, 2.24) is 5.32 Å². The van der Waals surface area contributed by atoms with E-state index in [1.807, 2.05) is 0 Å². The largest absolute Gasteiger partial charge is 0.386 e. The van der Waals surface area contributed by atoms with Crippen LogP contribution in [-0.2, 0) is 6.42 Å². The molecule has 2 N–H and O–H groups in total. The summed E-state index contributed by atoms with van der Waals surface area (Å²) in [6, 6.07) is 4.77. The van der Waals surface area contributed by atoms with Crippen LogP contribution < -0.4 is 5.32 Å². The lowest BCUT2D eigenvalue weighted by Gasteiger charge is -2.38. The molecule has 0 saturated carbocycles. The minimum Gasteiger partial charge on any atom is -0.386 e. The summed E-state index contributed by atoms with van der Waals surface area (Å²) in [5.74, 6) is 0. The van der Waals surface area contributed by atoms with Gasteiger partial charge in [0.2, 0.25) is 0 Å². The average molecular weight is 203 g/mol. The molecule has 0 radical (unpaired) electrons. The molecule has 1 aromatic rings. The van der Waals surface area contributed by atoms with Crippen LogP contribution in [0.15, 0.2) is 12.1 Å². The first-order valence-electron chi connectivity index (χ1n) is 5.60. The molecule has 3 rings (SSSR count). The number of aliphatic hydroxyl groups excluding tert-OH is 1. The van der Waals surface area contributed by atoms with Gasteiger partial charge in [-0.25, -0.2) is 0 Å². The van der Waals surface area contributed by atoms with Crippen LogP contribution in [-0.4, -0.2) is 10.6 Å². The second kappa shape index (κ2) is 2.63. The highest BCUT2D eigenvalue weighted by Crippen LogP contribution is 2.47. The number of aryl methyl sites for hydroxylation is 1. The maximum Gasteiger partial charge on any atom is 0.0978 e. The lowest BCUT2D eigenvalue weighted by atomic mass is 9.86. The third-order valence-electron chi connectivity index (χ3n) is 3.89. The number of fused-ring (bicyclic) bond motifs is 1. The number of benzene rings is 1. The van der Waals surface area contributed by atoms with Crippen molar-refractivity contribution < 1.29 is 5.11 Å². The molecule has 2 aliphatic rings. The maximum absolute atomic E-state index is 10.3. The number of rotatable bonds is 0. The fourth-order valence-corrected chi connectivity index (χ4v) is 3.25. The first-order chi connectivity index (χ1) is 7.01. The van der Waals surface area contributed by atoms with E-state index in [1.165, 1.54) is 22.3 Å². The molecule has 0 saturated heterocycles. The van der Waals surface area contributed by atoms with Gasteiger partial charge >= 0.3 is 0 Å². The van der Waals surface area contributed by atoms with Gasteiger partial charge in [0.15, 0.2) is 0 Å². The SMILES string of the molecule is Cc1cc2c3c(c1)C(C)NC(C)(C2)C3O. The van der Waals surface area contributed by atoms with Gasteiger partial charge in [0.25, 0.3) is 0 Å². The first kappa shape index (κ1) is 9.37. The number of nitrogens with one attached hydrogen (secondary N) is 1. The van der Waals surface area contributed by atoms with Gasteiger partial charge < -0.3 is 10.4 Å². The van der Waals surface area contributed by atoms with Gasteiger partial charge in [-0.15, -0.1) is 0 Å². The molecule has 0 aromatic heterocycles. The molecular weight excluding hydrogens is 186 g/mol. The van der Waals surface area contributed by atoms with E-state index in [4.69, 9.17) is 0 Å². The van der Waals surface area contributed by atoms with Crippen LogP contribution in [0, 0.1) is 6.92 Å². The van der Waals surface area contributed by atoms with Crippen molar-refractivity contribution in [3.8, 4) is 0 Å². The summed E-state index contributed by atoms with van der Waals surface area (Å²) in [6.07, 6.45) is 0.613. The van der Waals surface area contributed by atoms with Gasteiger partial charge in [-0.05, 0) is 43.9 Å². The van der Waals surface area contributed by atoms with E-state index in [0.29, 0.717) is 6.04 Å². The summed E-state index contributed by atoms with van der Waals surface area (Å²) in [7, 11) is 0. The Morgan fingerprint density at radius 3 is 2.93 bits per heavy atom. The van der Waals surface area contributed by atoms with Crippen LogP contribution in [0.2, 0.25) is 0 Å². The van der Waals surface area contributed by atoms with Crippen molar-refractivity contribution >= 4 is 0 Å². The van der Waals surface area contributed by atoms with E-state index in [9.17, 15) is 5.11 Å². The summed E-state index contributed by atoms with van der Waals surface area (Å²) in [5, 5.41) is 13.8. The zero-order valence-corrected chi connectivity index (χ0v) is 9.46. The highest BCUT2D eigenvalue weighted by Gasteiger charge is 2.47. The highest BCUT2D eigenvalue weighted by molar-refractivity contribution is 5.50. The highest BCUT2D eigenvalue weighted by atomic mass is 16.3. The van der Waals surface area contributed by atoms with Crippen LogP contribution in [0.3, 0.4) is 0 Å². The molecule has 80 valence electrons. The fraction of sp³-hybridized carbons (Fsp3) is 0.538. The van der Waals surface area contributed by atoms with Gasteiger partial charge in [0.1, 0.15) is 0 Å². The minimum absolute atomic E-state index is 0.150. The predicted octanol–water partition coefficient (Wildman–Crippen LogP) is 2.01. The lowest BCUT2D eigenvalue weighted by Crippen LogP contribution is -2.49. The normalized spacial score (nSPS) is 37.1. The van der Waals surface area contributed by atoms with Crippen molar-refractivity contribution in [1.29, 1.82) is 0 Å². The molecule has 0 spiro atoms. The van der Waals surface area contributed by atoms with Crippen molar-refractivity contribution in [3.05, 3.63) is 34.4 Å². The number of hydrogen-bond acceptors (Lipinski definition) is 2.